The Kier molecular flexibility index (Phi) is 6.15. The van der Waals surface area contributed by atoms with Crippen molar-refractivity contribution in [1.82, 2.24) is 0 Å². The lowest BCUT2D eigenvalue weighted by atomic mass is 9.95. The Labute approximate surface area is 180 Å². The molecule has 30 heavy (non-hydrogen) atoms. The van der Waals surface area contributed by atoms with Crippen LogP contribution in [0.3, 0.4) is 0 Å². The average molecular weight is 418 g/mol. The molecule has 2 aromatic carbocycles. The molecule has 0 bridgehead atoms. The number of hydrogen-bond donors (Lipinski definition) is 0. The zero-order valence-electron chi connectivity index (χ0n) is 16.9. The van der Waals surface area contributed by atoms with Gasteiger partial charge in [0.05, 0.1) is 12.2 Å². The van der Waals surface area contributed by atoms with Crippen LogP contribution in [-0.4, -0.2) is 25.4 Å². The number of aryl methyl sites for hydroxylation is 1. The molecule has 4 nitrogen and oxygen atoms in total. The molecule has 4 rings (SSSR count). The quantitative estimate of drug-likeness (QED) is 0.293. The maximum absolute atomic E-state index is 12.7. The summed E-state index contributed by atoms with van der Waals surface area (Å²) in [5.41, 5.74) is 2.59. The van der Waals surface area contributed by atoms with E-state index in [1.807, 2.05) is 43.3 Å². The van der Waals surface area contributed by atoms with Crippen LogP contribution < -0.4 is 4.74 Å². The van der Waals surface area contributed by atoms with Crippen molar-refractivity contribution >= 4 is 39.3 Å². The molecule has 0 atom stereocenters. The first-order chi connectivity index (χ1) is 14.7. The van der Waals surface area contributed by atoms with Gasteiger partial charge in [0.15, 0.2) is 0 Å². The summed E-state index contributed by atoms with van der Waals surface area (Å²) >= 11 is 1.59. The third-order valence-electron chi connectivity index (χ3n) is 5.18. The Hall–Kier alpha value is -3.10. The molecule has 1 aliphatic carbocycles. The SMILES string of the molecule is C#CCOc1ccc2ccccc2c1C=Nc1sc2c(c1C(=O)OCC)CCCC2. The van der Waals surface area contributed by atoms with Gasteiger partial charge in [-0.05, 0) is 55.0 Å². The fourth-order valence-corrected chi connectivity index (χ4v) is 5.05. The number of fused-ring (bicyclic) bond motifs is 2. The molecule has 1 heterocycles. The van der Waals surface area contributed by atoms with Crippen molar-refractivity contribution in [2.24, 2.45) is 4.99 Å². The number of carbonyl (C=O) groups is 1. The molecule has 152 valence electrons. The number of aliphatic imine (C=N–C) groups is 1. The first-order valence-corrected chi connectivity index (χ1v) is 11.0. The van der Waals surface area contributed by atoms with Gasteiger partial charge in [-0.2, -0.15) is 0 Å². The number of rotatable bonds is 6. The molecule has 0 saturated heterocycles. The van der Waals surface area contributed by atoms with Crippen LogP contribution in [0, 0.1) is 12.3 Å². The number of ether oxygens (including phenoxy) is 2. The Bertz CT molecular complexity index is 1150. The van der Waals surface area contributed by atoms with Crippen LogP contribution in [0.2, 0.25) is 0 Å². The van der Waals surface area contributed by atoms with E-state index in [1.165, 1.54) is 4.88 Å². The van der Waals surface area contributed by atoms with E-state index in [0.717, 1.165) is 47.6 Å². The number of thiophene rings is 1. The van der Waals surface area contributed by atoms with Crippen LogP contribution in [0.15, 0.2) is 41.4 Å². The summed E-state index contributed by atoms with van der Waals surface area (Å²) in [5.74, 6) is 2.90. The molecular weight excluding hydrogens is 394 g/mol. The average Bonchev–Trinajstić information content (AvgIpc) is 3.15. The fraction of sp³-hybridized carbons (Fsp3) is 0.280. The summed E-state index contributed by atoms with van der Waals surface area (Å²) in [6.45, 7) is 2.35. The van der Waals surface area contributed by atoms with Gasteiger partial charge < -0.3 is 9.47 Å². The lowest BCUT2D eigenvalue weighted by Crippen LogP contribution is -2.09. The van der Waals surface area contributed by atoms with Gasteiger partial charge in [-0.25, -0.2) is 9.79 Å². The lowest BCUT2D eigenvalue weighted by Gasteiger charge is -2.12. The number of benzene rings is 2. The summed E-state index contributed by atoms with van der Waals surface area (Å²) in [6, 6.07) is 12.0. The van der Waals surface area contributed by atoms with Crippen molar-refractivity contribution in [1.29, 1.82) is 0 Å². The van der Waals surface area contributed by atoms with Crippen LogP contribution in [0.5, 0.6) is 5.75 Å². The molecule has 0 N–H and O–H groups in total. The number of carbonyl (C=O) groups excluding carboxylic acids is 1. The first-order valence-electron chi connectivity index (χ1n) is 10.2. The summed E-state index contributed by atoms with van der Waals surface area (Å²) in [4.78, 5) is 18.7. The molecule has 0 fully saturated rings. The molecule has 1 aliphatic rings. The van der Waals surface area contributed by atoms with Crippen molar-refractivity contribution in [3.8, 4) is 18.1 Å². The van der Waals surface area contributed by atoms with Crippen molar-refractivity contribution in [3.63, 3.8) is 0 Å². The lowest BCUT2D eigenvalue weighted by molar-refractivity contribution is 0.0526. The Morgan fingerprint density at radius 3 is 2.90 bits per heavy atom. The predicted octanol–water partition coefficient (Wildman–Crippen LogP) is 5.72. The van der Waals surface area contributed by atoms with E-state index in [1.54, 1.807) is 17.6 Å². The highest BCUT2D eigenvalue weighted by Gasteiger charge is 2.26. The van der Waals surface area contributed by atoms with Gasteiger partial charge in [0.1, 0.15) is 17.4 Å². The van der Waals surface area contributed by atoms with E-state index >= 15 is 0 Å². The van der Waals surface area contributed by atoms with Crippen LogP contribution in [0.1, 0.15) is 46.1 Å². The van der Waals surface area contributed by atoms with E-state index in [9.17, 15) is 4.79 Å². The molecule has 0 amide bonds. The molecule has 0 spiro atoms. The Balaban J connectivity index is 1.81. The van der Waals surface area contributed by atoms with E-state index in [0.29, 0.717) is 22.9 Å². The number of hydrogen-bond acceptors (Lipinski definition) is 5. The second kappa shape index (κ2) is 9.15. The van der Waals surface area contributed by atoms with Crippen molar-refractivity contribution in [2.45, 2.75) is 32.6 Å². The third kappa shape index (κ3) is 3.96. The second-order valence-corrected chi connectivity index (χ2v) is 8.14. The second-order valence-electron chi connectivity index (χ2n) is 7.06. The highest BCUT2D eigenvalue weighted by atomic mass is 32.1. The fourth-order valence-electron chi connectivity index (χ4n) is 3.83. The van der Waals surface area contributed by atoms with E-state index in [-0.39, 0.29) is 12.6 Å². The van der Waals surface area contributed by atoms with Gasteiger partial charge in [0.25, 0.3) is 0 Å². The van der Waals surface area contributed by atoms with Gasteiger partial charge in [-0.3, -0.25) is 0 Å². The molecule has 0 saturated carbocycles. The van der Waals surface area contributed by atoms with Crippen molar-refractivity contribution < 1.29 is 14.3 Å². The Morgan fingerprint density at radius 2 is 2.07 bits per heavy atom. The van der Waals surface area contributed by atoms with Gasteiger partial charge in [-0.15, -0.1) is 17.8 Å². The van der Waals surface area contributed by atoms with Crippen LogP contribution in [0.4, 0.5) is 5.00 Å². The van der Waals surface area contributed by atoms with Gasteiger partial charge in [0, 0.05) is 16.7 Å². The highest BCUT2D eigenvalue weighted by molar-refractivity contribution is 7.16. The minimum atomic E-state index is -0.286. The number of nitrogens with zero attached hydrogens (tertiary/aromatic N) is 1. The van der Waals surface area contributed by atoms with Crippen molar-refractivity contribution in [2.75, 3.05) is 13.2 Å². The maximum atomic E-state index is 12.7. The smallest absolute Gasteiger partial charge is 0.341 e. The van der Waals surface area contributed by atoms with Gasteiger partial charge in [-0.1, -0.05) is 36.3 Å². The summed E-state index contributed by atoms with van der Waals surface area (Å²) < 4.78 is 11.1. The summed E-state index contributed by atoms with van der Waals surface area (Å²) in [6.07, 6.45) is 11.3. The monoisotopic (exact) mass is 417 g/mol. The van der Waals surface area contributed by atoms with Gasteiger partial charge >= 0.3 is 5.97 Å². The third-order valence-corrected chi connectivity index (χ3v) is 6.38. The van der Waals surface area contributed by atoms with Gasteiger partial charge in [0.2, 0.25) is 0 Å². The summed E-state index contributed by atoms with van der Waals surface area (Å²) in [7, 11) is 0. The van der Waals surface area contributed by atoms with E-state index < -0.39 is 0 Å². The zero-order valence-corrected chi connectivity index (χ0v) is 17.8. The predicted molar refractivity (Wildman–Crippen MR) is 122 cm³/mol. The molecule has 1 aromatic heterocycles. The standard InChI is InChI=1S/C25H23NO3S/c1-3-15-29-21-14-13-17-9-5-6-10-18(17)20(21)16-26-24-23(25(27)28-4-2)19-11-7-8-12-22(19)30-24/h1,5-6,9-10,13-14,16H,4,7-8,11-12,15H2,2H3. The van der Waals surface area contributed by atoms with E-state index in [4.69, 9.17) is 20.9 Å². The van der Waals surface area contributed by atoms with E-state index in [2.05, 4.69) is 5.92 Å². The molecule has 5 heteroatoms. The normalized spacial score (nSPS) is 13.2. The maximum Gasteiger partial charge on any atom is 0.341 e. The Morgan fingerprint density at radius 1 is 1.23 bits per heavy atom. The zero-order chi connectivity index (χ0) is 20.9. The molecule has 0 unspecified atom stereocenters. The topological polar surface area (TPSA) is 47.9 Å². The highest BCUT2D eigenvalue weighted by Crippen LogP contribution is 2.40. The number of terminal acetylenes is 1. The largest absolute Gasteiger partial charge is 0.480 e. The van der Waals surface area contributed by atoms with Crippen LogP contribution in [0.25, 0.3) is 10.8 Å². The van der Waals surface area contributed by atoms with Crippen LogP contribution >= 0.6 is 11.3 Å². The molecule has 0 radical (unpaired) electrons. The van der Waals surface area contributed by atoms with Crippen molar-refractivity contribution in [3.05, 3.63) is 58.0 Å². The van der Waals surface area contributed by atoms with Crippen LogP contribution in [-0.2, 0) is 17.6 Å². The summed E-state index contributed by atoms with van der Waals surface area (Å²) in [5, 5.41) is 2.81. The first kappa shape index (κ1) is 20.2. The molecule has 3 aromatic rings. The minimum Gasteiger partial charge on any atom is -0.480 e. The number of esters is 1. The molecule has 0 aliphatic heterocycles. The minimum absolute atomic E-state index is 0.181. The molecular formula is C25H23NO3S.